The first-order chi connectivity index (χ1) is 13.8. The van der Waals surface area contributed by atoms with Gasteiger partial charge in [-0.3, -0.25) is 4.21 Å². The van der Waals surface area contributed by atoms with Crippen LogP contribution in [0.2, 0.25) is 0 Å². The van der Waals surface area contributed by atoms with Crippen molar-refractivity contribution in [1.29, 1.82) is 0 Å². The number of hydrogen-bond acceptors (Lipinski definition) is 3. The lowest BCUT2D eigenvalue weighted by Crippen LogP contribution is -2.53. The van der Waals surface area contributed by atoms with Crippen molar-refractivity contribution in [2.75, 3.05) is 12.4 Å². The Morgan fingerprint density at radius 2 is 1.80 bits per heavy atom. The van der Waals surface area contributed by atoms with Gasteiger partial charge in [-0.2, -0.15) is 13.2 Å². The molecule has 0 spiro atoms. The summed E-state index contributed by atoms with van der Waals surface area (Å²) in [6.45, 7) is 5.58. The largest absolute Gasteiger partial charge is 0.493 e. The van der Waals surface area contributed by atoms with Gasteiger partial charge in [-0.15, -0.1) is 0 Å². The Morgan fingerprint density at radius 1 is 1.17 bits per heavy atom. The summed E-state index contributed by atoms with van der Waals surface area (Å²) >= 11 is 3.42. The average molecular weight is 505 g/mol. The van der Waals surface area contributed by atoms with E-state index in [0.29, 0.717) is 24.3 Å². The quantitative estimate of drug-likeness (QED) is 0.567. The second kappa shape index (κ2) is 8.28. The van der Waals surface area contributed by atoms with Gasteiger partial charge in [-0.05, 0) is 48.6 Å². The van der Waals surface area contributed by atoms with Gasteiger partial charge in [0.2, 0.25) is 0 Å². The summed E-state index contributed by atoms with van der Waals surface area (Å²) in [5, 5.41) is 10.8. The zero-order valence-electron chi connectivity index (χ0n) is 17.0. The number of fused-ring (bicyclic) bond motifs is 1. The standard InChI is InChI=1S/C22H24BrF3O3S/c1-14-4-6-17(7-5-14)30(28)13-21(27,22(24,25)26)12-20(2,3)18-11-16(23)10-15-8-9-29-19(15)18/h4-7,10-11,27H,8-9,12-13H2,1-3H3/t21-,30?/m0/s1. The van der Waals surface area contributed by atoms with Crippen LogP contribution in [-0.2, 0) is 22.6 Å². The minimum atomic E-state index is -4.94. The molecular weight excluding hydrogens is 481 g/mol. The second-order valence-corrected chi connectivity index (χ2v) is 10.8. The van der Waals surface area contributed by atoms with E-state index in [0.717, 1.165) is 15.6 Å². The molecule has 8 heteroatoms. The summed E-state index contributed by atoms with van der Waals surface area (Å²) in [5.41, 5.74) is -1.79. The first-order valence-electron chi connectivity index (χ1n) is 9.52. The molecule has 0 radical (unpaired) electrons. The summed E-state index contributed by atoms with van der Waals surface area (Å²) in [5.74, 6) is -0.354. The highest BCUT2D eigenvalue weighted by molar-refractivity contribution is 9.10. The summed E-state index contributed by atoms with van der Waals surface area (Å²) in [6, 6.07) is 10.1. The number of hydrogen-bond donors (Lipinski definition) is 1. The van der Waals surface area contributed by atoms with Crippen LogP contribution in [0, 0.1) is 6.92 Å². The van der Waals surface area contributed by atoms with Crippen molar-refractivity contribution in [3.05, 3.63) is 57.6 Å². The van der Waals surface area contributed by atoms with E-state index < -0.39 is 40.2 Å². The maximum atomic E-state index is 14.0. The number of aliphatic hydroxyl groups is 1. The van der Waals surface area contributed by atoms with E-state index >= 15 is 0 Å². The van der Waals surface area contributed by atoms with Crippen LogP contribution in [-0.4, -0.2) is 33.5 Å². The number of alkyl halides is 3. The Kier molecular flexibility index (Phi) is 6.43. The zero-order valence-corrected chi connectivity index (χ0v) is 19.4. The van der Waals surface area contributed by atoms with Crippen LogP contribution >= 0.6 is 15.9 Å². The van der Waals surface area contributed by atoms with Crippen LogP contribution in [0.1, 0.15) is 37.0 Å². The lowest BCUT2D eigenvalue weighted by Gasteiger charge is -2.38. The van der Waals surface area contributed by atoms with Gasteiger partial charge in [0.1, 0.15) is 5.75 Å². The predicted molar refractivity (Wildman–Crippen MR) is 114 cm³/mol. The first kappa shape index (κ1) is 23.3. The monoisotopic (exact) mass is 504 g/mol. The highest BCUT2D eigenvalue weighted by Crippen LogP contribution is 2.46. The molecule has 1 heterocycles. The first-order valence-corrected chi connectivity index (χ1v) is 11.6. The minimum Gasteiger partial charge on any atom is -0.493 e. The fourth-order valence-electron chi connectivity index (χ4n) is 3.82. The van der Waals surface area contributed by atoms with E-state index in [1.165, 1.54) is 12.1 Å². The van der Waals surface area contributed by atoms with E-state index in [9.17, 15) is 22.5 Å². The van der Waals surface area contributed by atoms with E-state index in [-0.39, 0.29) is 4.90 Å². The molecular formula is C22H24BrF3O3S. The SMILES string of the molecule is Cc1ccc(S(=O)C[C@@](O)(CC(C)(C)c2cc(Br)cc3c2OCC3)C(F)(F)F)cc1. The molecule has 0 aliphatic carbocycles. The highest BCUT2D eigenvalue weighted by Gasteiger charge is 2.57. The van der Waals surface area contributed by atoms with Crippen LogP contribution in [0.15, 0.2) is 45.8 Å². The van der Waals surface area contributed by atoms with Crippen molar-refractivity contribution in [2.45, 2.75) is 55.7 Å². The van der Waals surface area contributed by atoms with Crippen molar-refractivity contribution < 1.29 is 27.2 Å². The van der Waals surface area contributed by atoms with Gasteiger partial charge in [-0.25, -0.2) is 0 Å². The highest BCUT2D eigenvalue weighted by atomic mass is 79.9. The van der Waals surface area contributed by atoms with Crippen molar-refractivity contribution in [3.63, 3.8) is 0 Å². The fourth-order valence-corrected chi connectivity index (χ4v) is 5.63. The molecule has 3 nitrogen and oxygen atoms in total. The van der Waals surface area contributed by atoms with Gasteiger partial charge in [0.25, 0.3) is 0 Å². The van der Waals surface area contributed by atoms with Gasteiger partial charge in [0.05, 0.1) is 23.2 Å². The molecule has 2 atom stereocenters. The Labute approximate surface area is 185 Å². The molecule has 30 heavy (non-hydrogen) atoms. The number of ether oxygens (including phenoxy) is 1. The molecule has 3 rings (SSSR count). The third-order valence-corrected chi connectivity index (χ3v) is 7.39. The van der Waals surface area contributed by atoms with Crippen molar-refractivity contribution in [2.24, 2.45) is 0 Å². The van der Waals surface area contributed by atoms with Crippen molar-refractivity contribution >= 4 is 26.7 Å². The maximum absolute atomic E-state index is 14.0. The zero-order chi connectivity index (χ0) is 22.3. The third-order valence-electron chi connectivity index (χ3n) is 5.39. The van der Waals surface area contributed by atoms with Gasteiger partial charge in [0, 0.05) is 21.4 Å². The Hall–Kier alpha value is -1.38. The predicted octanol–water partition coefficient (Wildman–Crippen LogP) is 5.46. The second-order valence-electron chi connectivity index (χ2n) is 8.43. The number of aryl methyl sites for hydroxylation is 1. The lowest BCUT2D eigenvalue weighted by molar-refractivity contribution is -0.257. The van der Waals surface area contributed by atoms with Crippen LogP contribution in [0.4, 0.5) is 13.2 Å². The maximum Gasteiger partial charge on any atom is 0.418 e. The molecule has 0 aromatic heterocycles. The smallest absolute Gasteiger partial charge is 0.418 e. The Morgan fingerprint density at radius 3 is 2.40 bits per heavy atom. The average Bonchev–Trinajstić information content (AvgIpc) is 3.08. The van der Waals surface area contributed by atoms with Crippen LogP contribution in [0.3, 0.4) is 0 Å². The topological polar surface area (TPSA) is 46.5 Å². The van der Waals surface area contributed by atoms with Crippen LogP contribution in [0.25, 0.3) is 0 Å². The fraction of sp³-hybridized carbons (Fsp3) is 0.455. The number of benzene rings is 2. The van der Waals surface area contributed by atoms with Gasteiger partial charge < -0.3 is 9.84 Å². The molecule has 0 saturated heterocycles. The van der Waals surface area contributed by atoms with Crippen LogP contribution < -0.4 is 4.74 Å². The summed E-state index contributed by atoms with van der Waals surface area (Å²) in [4.78, 5) is 0.257. The summed E-state index contributed by atoms with van der Waals surface area (Å²) in [6.07, 6.45) is -4.91. The minimum absolute atomic E-state index is 0.257. The van der Waals surface area contributed by atoms with Crippen molar-refractivity contribution in [1.82, 2.24) is 0 Å². The number of halogens is 4. The molecule has 2 aromatic rings. The van der Waals surface area contributed by atoms with E-state index in [2.05, 4.69) is 15.9 Å². The van der Waals surface area contributed by atoms with Gasteiger partial charge in [-0.1, -0.05) is 47.5 Å². The molecule has 1 N–H and O–H groups in total. The van der Waals surface area contributed by atoms with Crippen LogP contribution in [0.5, 0.6) is 5.75 Å². The molecule has 1 aliphatic rings. The number of rotatable bonds is 6. The summed E-state index contributed by atoms with van der Waals surface area (Å²) in [7, 11) is -2.01. The van der Waals surface area contributed by atoms with Gasteiger partial charge in [0.15, 0.2) is 5.60 Å². The third kappa shape index (κ3) is 4.75. The van der Waals surface area contributed by atoms with E-state index in [4.69, 9.17) is 4.74 Å². The molecule has 0 bridgehead atoms. The van der Waals surface area contributed by atoms with Gasteiger partial charge >= 0.3 is 6.18 Å². The molecule has 1 unspecified atom stereocenters. The Bertz CT molecular complexity index is 957. The van der Waals surface area contributed by atoms with Crippen molar-refractivity contribution in [3.8, 4) is 5.75 Å². The normalized spacial score (nSPS) is 17.2. The summed E-state index contributed by atoms with van der Waals surface area (Å²) < 4.78 is 61.2. The van der Waals surface area contributed by atoms with E-state index in [1.807, 2.05) is 13.0 Å². The molecule has 2 aromatic carbocycles. The lowest BCUT2D eigenvalue weighted by atomic mass is 9.74. The molecule has 0 fully saturated rings. The molecule has 164 valence electrons. The molecule has 1 aliphatic heterocycles. The molecule has 0 amide bonds. The molecule has 0 saturated carbocycles. The Balaban J connectivity index is 1.94. The van der Waals surface area contributed by atoms with E-state index in [1.54, 1.807) is 32.0 Å².